The highest BCUT2D eigenvalue weighted by Gasteiger charge is 2.11. The van der Waals surface area contributed by atoms with Gasteiger partial charge >= 0.3 is 0 Å². The fourth-order valence-corrected chi connectivity index (χ4v) is 2.81. The van der Waals surface area contributed by atoms with Crippen LogP contribution in [0.25, 0.3) is 0 Å². The van der Waals surface area contributed by atoms with Crippen LogP contribution < -0.4 is 10.1 Å². The molecule has 0 fully saturated rings. The van der Waals surface area contributed by atoms with Gasteiger partial charge in [-0.3, -0.25) is 0 Å². The third-order valence-electron chi connectivity index (χ3n) is 3.71. The highest BCUT2D eigenvalue weighted by atomic mass is 79.9. The minimum atomic E-state index is 0.322. The van der Waals surface area contributed by atoms with Gasteiger partial charge in [-0.1, -0.05) is 67.9 Å². The van der Waals surface area contributed by atoms with E-state index in [2.05, 4.69) is 60.2 Å². The minimum absolute atomic E-state index is 0.322. The number of rotatable bonds is 11. The highest BCUT2D eigenvalue weighted by Crippen LogP contribution is 2.29. The normalized spacial score (nSPS) is 12.4. The van der Waals surface area contributed by atoms with Crippen molar-refractivity contribution in [1.29, 1.82) is 0 Å². The summed E-state index contributed by atoms with van der Waals surface area (Å²) in [6.07, 6.45) is 7.76. The smallest absolute Gasteiger partial charge is 0.125 e. The molecule has 1 rings (SSSR count). The van der Waals surface area contributed by atoms with Crippen LogP contribution in [0.5, 0.6) is 5.75 Å². The molecule has 0 heterocycles. The van der Waals surface area contributed by atoms with Crippen LogP contribution in [0.3, 0.4) is 0 Å². The summed E-state index contributed by atoms with van der Waals surface area (Å²) in [4.78, 5) is 0. The first-order valence-electron chi connectivity index (χ1n) is 8.34. The number of benzene rings is 1. The maximum atomic E-state index is 6.02. The molecule has 0 aliphatic rings. The Hall–Kier alpha value is -0.540. The average molecular weight is 356 g/mol. The zero-order valence-electron chi connectivity index (χ0n) is 13.8. The summed E-state index contributed by atoms with van der Waals surface area (Å²) in [5, 5.41) is 3.45. The molecule has 0 saturated heterocycles. The van der Waals surface area contributed by atoms with Crippen molar-refractivity contribution in [2.75, 3.05) is 13.2 Å². The van der Waals surface area contributed by atoms with Gasteiger partial charge in [0.05, 0.1) is 6.61 Å². The minimum Gasteiger partial charge on any atom is -0.493 e. The molecule has 3 heteroatoms. The molecule has 0 amide bonds. The van der Waals surface area contributed by atoms with E-state index in [1.54, 1.807) is 0 Å². The number of unbranched alkanes of at least 4 members (excludes halogenated alkanes) is 5. The Morgan fingerprint density at radius 2 is 1.81 bits per heavy atom. The van der Waals surface area contributed by atoms with Gasteiger partial charge in [-0.15, -0.1) is 0 Å². The molecule has 0 saturated carbocycles. The first-order chi connectivity index (χ1) is 10.2. The fraction of sp³-hybridized carbons (Fsp3) is 0.667. The second kappa shape index (κ2) is 11.1. The van der Waals surface area contributed by atoms with E-state index >= 15 is 0 Å². The molecule has 0 aliphatic carbocycles. The monoisotopic (exact) mass is 355 g/mol. The van der Waals surface area contributed by atoms with E-state index in [1.165, 1.54) is 37.7 Å². The first-order valence-corrected chi connectivity index (χ1v) is 9.14. The Kier molecular flexibility index (Phi) is 9.77. The number of hydrogen-bond donors (Lipinski definition) is 1. The van der Waals surface area contributed by atoms with Crippen LogP contribution >= 0.6 is 15.9 Å². The van der Waals surface area contributed by atoms with E-state index in [4.69, 9.17) is 4.74 Å². The van der Waals surface area contributed by atoms with Crippen LogP contribution in [0.15, 0.2) is 22.7 Å². The van der Waals surface area contributed by atoms with Crippen molar-refractivity contribution in [3.05, 3.63) is 28.2 Å². The average Bonchev–Trinajstić information content (AvgIpc) is 2.46. The molecule has 2 nitrogen and oxygen atoms in total. The Bertz CT molecular complexity index is 395. The molecule has 1 atom stereocenters. The molecule has 0 spiro atoms. The molecule has 1 aromatic rings. The van der Waals surface area contributed by atoms with Gasteiger partial charge in [-0.2, -0.15) is 0 Å². The van der Waals surface area contributed by atoms with Crippen molar-refractivity contribution in [3.63, 3.8) is 0 Å². The molecular formula is C18H30BrNO. The Balaban J connectivity index is 2.43. The number of ether oxygens (including phenoxy) is 1. The molecule has 1 unspecified atom stereocenters. The Morgan fingerprint density at radius 1 is 1.10 bits per heavy atom. The lowest BCUT2D eigenvalue weighted by Gasteiger charge is -2.18. The lowest BCUT2D eigenvalue weighted by molar-refractivity contribution is 0.298. The van der Waals surface area contributed by atoms with Gasteiger partial charge in [0.1, 0.15) is 5.75 Å². The van der Waals surface area contributed by atoms with Gasteiger partial charge in [0, 0.05) is 16.1 Å². The quantitative estimate of drug-likeness (QED) is 0.502. The van der Waals surface area contributed by atoms with E-state index in [1.807, 2.05) is 0 Å². The fourth-order valence-electron chi connectivity index (χ4n) is 2.47. The van der Waals surface area contributed by atoms with Crippen molar-refractivity contribution in [2.24, 2.45) is 0 Å². The third kappa shape index (κ3) is 7.32. The molecule has 21 heavy (non-hydrogen) atoms. The summed E-state index contributed by atoms with van der Waals surface area (Å²) in [5.41, 5.74) is 1.24. The van der Waals surface area contributed by atoms with Crippen LogP contribution in [-0.2, 0) is 0 Å². The predicted molar refractivity (Wildman–Crippen MR) is 95.1 cm³/mol. The van der Waals surface area contributed by atoms with Gasteiger partial charge in [0.2, 0.25) is 0 Å². The largest absolute Gasteiger partial charge is 0.493 e. The molecule has 1 N–H and O–H groups in total. The third-order valence-corrected chi connectivity index (χ3v) is 4.20. The lowest BCUT2D eigenvalue weighted by Crippen LogP contribution is -2.18. The Morgan fingerprint density at radius 3 is 2.52 bits per heavy atom. The van der Waals surface area contributed by atoms with E-state index < -0.39 is 0 Å². The second-order valence-electron chi connectivity index (χ2n) is 5.58. The summed E-state index contributed by atoms with van der Waals surface area (Å²) in [7, 11) is 0. The van der Waals surface area contributed by atoms with Gasteiger partial charge in [0.15, 0.2) is 0 Å². The molecule has 1 aromatic carbocycles. The van der Waals surface area contributed by atoms with E-state index in [-0.39, 0.29) is 0 Å². The summed E-state index contributed by atoms with van der Waals surface area (Å²) < 4.78 is 7.10. The summed E-state index contributed by atoms with van der Waals surface area (Å²) >= 11 is 3.54. The topological polar surface area (TPSA) is 21.3 Å². The molecule has 0 bridgehead atoms. The second-order valence-corrected chi connectivity index (χ2v) is 6.49. The van der Waals surface area contributed by atoms with Crippen LogP contribution in [-0.4, -0.2) is 13.2 Å². The number of halogens is 1. The van der Waals surface area contributed by atoms with Gasteiger partial charge in [-0.25, -0.2) is 0 Å². The zero-order chi connectivity index (χ0) is 15.5. The van der Waals surface area contributed by atoms with Crippen molar-refractivity contribution in [2.45, 2.75) is 65.3 Å². The van der Waals surface area contributed by atoms with Crippen LogP contribution in [0.4, 0.5) is 0 Å². The molecule has 0 aliphatic heterocycles. The number of nitrogens with one attached hydrogen (secondary N) is 1. The SMILES string of the molecule is CCCCCCCCOc1cc(Br)ccc1C(C)NCC. The van der Waals surface area contributed by atoms with Gasteiger partial charge in [-0.05, 0) is 32.0 Å². The van der Waals surface area contributed by atoms with Gasteiger partial charge in [0.25, 0.3) is 0 Å². The van der Waals surface area contributed by atoms with Gasteiger partial charge < -0.3 is 10.1 Å². The first kappa shape index (κ1) is 18.5. The van der Waals surface area contributed by atoms with Crippen LogP contribution in [0.1, 0.15) is 70.9 Å². The molecule has 0 radical (unpaired) electrons. The van der Waals surface area contributed by atoms with Crippen molar-refractivity contribution in [3.8, 4) is 5.75 Å². The van der Waals surface area contributed by atoms with E-state index in [0.717, 1.165) is 29.8 Å². The molecule has 120 valence electrons. The molecule has 0 aromatic heterocycles. The van der Waals surface area contributed by atoms with Crippen molar-refractivity contribution in [1.82, 2.24) is 5.32 Å². The number of hydrogen-bond acceptors (Lipinski definition) is 2. The van der Waals surface area contributed by atoms with Crippen LogP contribution in [0, 0.1) is 0 Å². The maximum absolute atomic E-state index is 6.02. The lowest BCUT2D eigenvalue weighted by atomic mass is 10.1. The van der Waals surface area contributed by atoms with E-state index in [9.17, 15) is 0 Å². The maximum Gasteiger partial charge on any atom is 0.125 e. The summed E-state index contributed by atoms with van der Waals surface area (Å²) in [5.74, 6) is 1.01. The standard InChI is InChI=1S/C18H30BrNO/c1-4-6-7-8-9-10-13-21-18-14-16(19)11-12-17(18)15(3)20-5-2/h11-12,14-15,20H,4-10,13H2,1-3H3. The zero-order valence-corrected chi connectivity index (χ0v) is 15.3. The Labute approximate surface area is 138 Å². The predicted octanol–water partition coefficient (Wildman–Crippen LogP) is 5.86. The van der Waals surface area contributed by atoms with Crippen molar-refractivity contribution >= 4 is 15.9 Å². The summed E-state index contributed by atoms with van der Waals surface area (Å²) in [6.45, 7) is 8.35. The van der Waals surface area contributed by atoms with E-state index in [0.29, 0.717) is 6.04 Å². The highest BCUT2D eigenvalue weighted by molar-refractivity contribution is 9.10. The molecular weight excluding hydrogens is 326 g/mol. The van der Waals surface area contributed by atoms with Crippen LogP contribution in [0.2, 0.25) is 0 Å². The van der Waals surface area contributed by atoms with Crippen molar-refractivity contribution < 1.29 is 4.74 Å². The summed E-state index contributed by atoms with van der Waals surface area (Å²) in [6, 6.07) is 6.64.